The number of fused-ring (bicyclic) bond motifs is 4. The maximum absolute atomic E-state index is 13.8. The number of aromatic amines is 2. The van der Waals surface area contributed by atoms with Gasteiger partial charge in [-0.05, 0) is 61.7 Å². The third-order valence-corrected chi connectivity index (χ3v) is 8.23. The summed E-state index contributed by atoms with van der Waals surface area (Å²) in [5, 5.41) is 12.6. The summed E-state index contributed by atoms with van der Waals surface area (Å²) < 4.78 is 6.36. The molecule has 2 heterocycles. The first-order valence-electron chi connectivity index (χ1n) is 13.6. The van der Waals surface area contributed by atoms with Gasteiger partial charge in [0.05, 0.1) is 39.9 Å². The number of nitrogens with one attached hydrogen (secondary N) is 2. The lowest BCUT2D eigenvalue weighted by Crippen LogP contribution is -2.34. The summed E-state index contributed by atoms with van der Waals surface area (Å²) in [4.78, 5) is 45.8. The second-order valence-electron chi connectivity index (χ2n) is 11.1. The third-order valence-electron chi connectivity index (χ3n) is 7.93. The van der Waals surface area contributed by atoms with Gasteiger partial charge >= 0.3 is 5.69 Å². The summed E-state index contributed by atoms with van der Waals surface area (Å²) in [6.45, 7) is 5.44. The Balaban J connectivity index is 1.66. The third kappa shape index (κ3) is 4.53. The molecule has 0 radical (unpaired) electrons. The molecule has 43 heavy (non-hydrogen) atoms. The van der Waals surface area contributed by atoms with Gasteiger partial charge in [0, 0.05) is 39.5 Å². The van der Waals surface area contributed by atoms with E-state index in [0.717, 1.165) is 9.95 Å². The highest BCUT2D eigenvalue weighted by Gasteiger charge is 2.24. The number of nitrogens with zero attached hydrogens (tertiary/aromatic N) is 1. The van der Waals surface area contributed by atoms with Crippen molar-refractivity contribution < 1.29 is 14.6 Å². The van der Waals surface area contributed by atoms with Gasteiger partial charge in [-0.15, -0.1) is 0 Å². The molecule has 0 fully saturated rings. The summed E-state index contributed by atoms with van der Waals surface area (Å²) in [7, 11) is 1.55. The highest BCUT2D eigenvalue weighted by molar-refractivity contribution is 6.37. The molecule has 1 amide bonds. The minimum absolute atomic E-state index is 0.215. The fourth-order valence-electron chi connectivity index (χ4n) is 5.82. The summed E-state index contributed by atoms with van der Waals surface area (Å²) >= 11 is 6.90. The Morgan fingerprint density at radius 2 is 1.77 bits per heavy atom. The van der Waals surface area contributed by atoms with Crippen molar-refractivity contribution in [2.45, 2.75) is 33.0 Å². The second kappa shape index (κ2) is 10.2. The number of carbonyl (C=O) groups is 1. The lowest BCUT2D eigenvalue weighted by Gasteiger charge is -2.18. The highest BCUT2D eigenvalue weighted by Crippen LogP contribution is 2.43. The molecule has 0 bridgehead atoms. The van der Waals surface area contributed by atoms with Crippen LogP contribution < -0.4 is 17.0 Å². The SMILES string of the molecule is COCc1cccc2c(=O)n(-c3cccc(-c4c(Cl)cc(C(N)=O)c5[nH]c6cc(C(C)(C)O)ccc6c45)c3C)c(=O)[nH]c12. The monoisotopic (exact) mass is 596 g/mol. The van der Waals surface area contributed by atoms with Crippen LogP contribution in [0.15, 0.2) is 70.3 Å². The van der Waals surface area contributed by atoms with Gasteiger partial charge in [0.1, 0.15) is 0 Å². The van der Waals surface area contributed by atoms with Gasteiger partial charge in [-0.1, -0.05) is 48.0 Å². The standard InChI is InChI=1S/C33H29ClN4O5/c1-16-19(8-6-10-25(16)38-31(40)21-9-5-7-17(15-43-4)28(21)37-32(38)41)26-23(34)14-22(30(35)39)29-27(26)20-12-11-18(33(2,3)42)13-24(20)36-29/h5-14,36,42H,15H2,1-4H3,(H2,35,39)(H,37,41). The minimum Gasteiger partial charge on any atom is -0.386 e. The second-order valence-corrected chi connectivity index (χ2v) is 11.5. The zero-order chi connectivity index (χ0) is 30.8. The van der Waals surface area contributed by atoms with Gasteiger partial charge in [0.2, 0.25) is 0 Å². The predicted molar refractivity (Wildman–Crippen MR) is 169 cm³/mol. The number of benzene rings is 4. The number of hydrogen-bond acceptors (Lipinski definition) is 5. The van der Waals surface area contributed by atoms with Crippen molar-refractivity contribution in [3.8, 4) is 16.8 Å². The van der Waals surface area contributed by atoms with Crippen molar-refractivity contribution in [1.29, 1.82) is 0 Å². The first kappa shape index (κ1) is 28.4. The largest absolute Gasteiger partial charge is 0.386 e. The van der Waals surface area contributed by atoms with Crippen LogP contribution in [-0.4, -0.2) is 32.7 Å². The molecule has 0 saturated carbocycles. The van der Waals surface area contributed by atoms with Gasteiger partial charge in [-0.25, -0.2) is 9.36 Å². The number of H-pyrrole nitrogens is 2. The lowest BCUT2D eigenvalue weighted by molar-refractivity contribution is 0.0787. The average Bonchev–Trinajstić information content (AvgIpc) is 3.32. The van der Waals surface area contributed by atoms with Crippen LogP contribution >= 0.6 is 11.6 Å². The van der Waals surface area contributed by atoms with E-state index in [0.29, 0.717) is 60.8 Å². The van der Waals surface area contributed by atoms with Crippen molar-refractivity contribution in [2.75, 3.05) is 7.11 Å². The topological polar surface area (TPSA) is 143 Å². The van der Waals surface area contributed by atoms with Crippen molar-refractivity contribution in [3.63, 3.8) is 0 Å². The zero-order valence-electron chi connectivity index (χ0n) is 24.0. The van der Waals surface area contributed by atoms with Crippen LogP contribution in [-0.2, 0) is 16.9 Å². The van der Waals surface area contributed by atoms with E-state index in [-0.39, 0.29) is 17.2 Å². The van der Waals surface area contributed by atoms with Crippen LogP contribution in [0.25, 0.3) is 49.5 Å². The fraction of sp³-hybridized carbons (Fsp3) is 0.182. The van der Waals surface area contributed by atoms with E-state index < -0.39 is 22.8 Å². The van der Waals surface area contributed by atoms with E-state index in [9.17, 15) is 19.5 Å². The number of hydrogen-bond donors (Lipinski definition) is 4. The number of aromatic nitrogens is 3. The molecule has 5 N–H and O–H groups in total. The van der Waals surface area contributed by atoms with Crippen LogP contribution in [0.4, 0.5) is 0 Å². The van der Waals surface area contributed by atoms with Gasteiger partial charge in [-0.2, -0.15) is 0 Å². The van der Waals surface area contributed by atoms with Gasteiger partial charge < -0.3 is 25.5 Å². The van der Waals surface area contributed by atoms with Gasteiger partial charge in [0.25, 0.3) is 11.5 Å². The van der Waals surface area contributed by atoms with Crippen molar-refractivity contribution in [3.05, 3.63) is 109 Å². The zero-order valence-corrected chi connectivity index (χ0v) is 24.7. The Hall–Kier alpha value is -4.70. The molecule has 0 aliphatic heterocycles. The number of ether oxygens (including phenoxy) is 1. The summed E-state index contributed by atoms with van der Waals surface area (Å²) in [5.41, 5.74) is 9.09. The van der Waals surface area contributed by atoms with Crippen LogP contribution in [0.5, 0.6) is 0 Å². The molecule has 0 aliphatic carbocycles. The molecule has 0 atom stereocenters. The number of nitrogens with two attached hydrogens (primary N) is 1. The number of rotatable bonds is 6. The quantitative estimate of drug-likeness (QED) is 0.203. The van der Waals surface area contributed by atoms with E-state index in [4.69, 9.17) is 22.1 Å². The van der Waals surface area contributed by atoms with Crippen LogP contribution in [0.1, 0.15) is 40.9 Å². The van der Waals surface area contributed by atoms with Crippen LogP contribution in [0.3, 0.4) is 0 Å². The smallest absolute Gasteiger partial charge is 0.333 e. The number of carbonyl (C=O) groups excluding carboxylic acids is 1. The van der Waals surface area contributed by atoms with E-state index in [1.807, 2.05) is 31.2 Å². The molecule has 9 nitrogen and oxygen atoms in total. The van der Waals surface area contributed by atoms with Gasteiger partial charge in [-0.3, -0.25) is 9.59 Å². The summed E-state index contributed by atoms with van der Waals surface area (Å²) in [6, 6.07) is 17.5. The fourth-order valence-corrected chi connectivity index (χ4v) is 6.13. The molecule has 2 aromatic heterocycles. The first-order chi connectivity index (χ1) is 20.4. The number of para-hydroxylation sites is 1. The van der Waals surface area contributed by atoms with Crippen molar-refractivity contribution >= 4 is 50.2 Å². The van der Waals surface area contributed by atoms with Crippen molar-refractivity contribution in [2.24, 2.45) is 5.73 Å². The maximum Gasteiger partial charge on any atom is 0.333 e. The van der Waals surface area contributed by atoms with E-state index in [1.165, 1.54) is 6.07 Å². The molecule has 218 valence electrons. The minimum atomic E-state index is -1.09. The molecular weight excluding hydrogens is 568 g/mol. The Labute approximate surface area is 250 Å². The molecule has 6 aromatic rings. The molecule has 4 aromatic carbocycles. The Morgan fingerprint density at radius 3 is 2.47 bits per heavy atom. The summed E-state index contributed by atoms with van der Waals surface area (Å²) in [6.07, 6.45) is 0. The molecule has 0 spiro atoms. The lowest BCUT2D eigenvalue weighted by atomic mass is 9.92. The van der Waals surface area contributed by atoms with E-state index in [2.05, 4.69) is 9.97 Å². The number of halogens is 1. The molecule has 6 rings (SSSR count). The molecule has 10 heteroatoms. The predicted octanol–water partition coefficient (Wildman–Crippen LogP) is 5.42. The van der Waals surface area contributed by atoms with Crippen LogP contribution in [0, 0.1) is 6.92 Å². The van der Waals surface area contributed by atoms with E-state index in [1.54, 1.807) is 51.3 Å². The molecule has 0 saturated heterocycles. The number of aliphatic hydroxyl groups is 1. The number of methoxy groups -OCH3 is 1. The number of amides is 1. The van der Waals surface area contributed by atoms with E-state index >= 15 is 0 Å². The highest BCUT2D eigenvalue weighted by atomic mass is 35.5. The Kier molecular flexibility index (Phi) is 6.76. The number of primary amides is 1. The molecular formula is C33H29ClN4O5. The normalized spacial score (nSPS) is 12.0. The summed E-state index contributed by atoms with van der Waals surface area (Å²) in [5.74, 6) is -0.653. The molecule has 0 aliphatic rings. The van der Waals surface area contributed by atoms with Crippen molar-refractivity contribution in [1.82, 2.24) is 14.5 Å². The average molecular weight is 597 g/mol. The Bertz CT molecular complexity index is 2240. The van der Waals surface area contributed by atoms with Gasteiger partial charge in [0.15, 0.2) is 0 Å². The van der Waals surface area contributed by atoms with Crippen LogP contribution in [0.2, 0.25) is 5.02 Å². The first-order valence-corrected chi connectivity index (χ1v) is 14.0. The maximum atomic E-state index is 13.8. The molecule has 0 unspecified atom stereocenters. The Morgan fingerprint density at radius 1 is 1.02 bits per heavy atom.